The minimum absolute atomic E-state index is 0.0776. The van der Waals surface area contributed by atoms with Crippen LogP contribution in [-0.4, -0.2) is 29.2 Å². The lowest BCUT2D eigenvalue weighted by molar-refractivity contribution is -0.156. The number of ketones is 1. The number of nitrogens with zero attached hydrogens (tertiary/aromatic N) is 1. The number of hydrogen-bond donors (Lipinski definition) is 1. The van der Waals surface area contributed by atoms with Gasteiger partial charge in [-0.25, -0.2) is 0 Å². The molecule has 0 saturated carbocycles. The van der Waals surface area contributed by atoms with Crippen molar-refractivity contribution in [2.45, 2.75) is 44.6 Å². The van der Waals surface area contributed by atoms with Crippen molar-refractivity contribution in [2.24, 2.45) is 5.73 Å². The van der Waals surface area contributed by atoms with Gasteiger partial charge in [0.05, 0.1) is 12.6 Å². The summed E-state index contributed by atoms with van der Waals surface area (Å²) in [7, 11) is 0. The molecular formula is C22H23ClN2O3. The summed E-state index contributed by atoms with van der Waals surface area (Å²) in [6, 6.07) is 13.0. The lowest BCUT2D eigenvalue weighted by Gasteiger charge is -2.41. The first-order chi connectivity index (χ1) is 13.6. The lowest BCUT2D eigenvalue weighted by atomic mass is 9.92. The second kappa shape index (κ2) is 8.03. The van der Waals surface area contributed by atoms with Crippen LogP contribution in [-0.2, 0) is 33.9 Å². The molecule has 0 bridgehead atoms. The Balaban J connectivity index is 1.40. The van der Waals surface area contributed by atoms with E-state index in [0.717, 1.165) is 22.3 Å². The molecule has 0 aliphatic carbocycles. The highest BCUT2D eigenvalue weighted by molar-refractivity contribution is 6.30. The van der Waals surface area contributed by atoms with E-state index < -0.39 is 6.10 Å². The number of ether oxygens (including phenoxy) is 1. The molecular weight excluding hydrogens is 376 g/mol. The highest BCUT2D eigenvalue weighted by Gasteiger charge is 2.42. The van der Waals surface area contributed by atoms with Gasteiger partial charge < -0.3 is 15.4 Å². The van der Waals surface area contributed by atoms with E-state index in [9.17, 15) is 9.59 Å². The first-order valence-electron chi connectivity index (χ1n) is 9.58. The van der Waals surface area contributed by atoms with E-state index in [2.05, 4.69) is 0 Å². The summed E-state index contributed by atoms with van der Waals surface area (Å²) in [4.78, 5) is 27.4. The zero-order valence-corrected chi connectivity index (χ0v) is 16.3. The normalized spacial score (nSPS) is 20.6. The number of amides is 1. The third kappa shape index (κ3) is 3.58. The second-order valence-electron chi connectivity index (χ2n) is 7.31. The van der Waals surface area contributed by atoms with Gasteiger partial charge in [-0.1, -0.05) is 41.9 Å². The molecule has 0 spiro atoms. The maximum Gasteiger partial charge on any atom is 0.256 e. The number of hydrogen-bond acceptors (Lipinski definition) is 4. The lowest BCUT2D eigenvalue weighted by Crippen LogP contribution is -2.56. The minimum atomic E-state index is -0.594. The Hall–Kier alpha value is -2.21. The molecule has 2 N–H and O–H groups in total. The van der Waals surface area contributed by atoms with Crippen molar-refractivity contribution in [1.29, 1.82) is 0 Å². The van der Waals surface area contributed by atoms with Crippen molar-refractivity contribution >= 4 is 23.3 Å². The van der Waals surface area contributed by atoms with Crippen molar-refractivity contribution in [3.8, 4) is 0 Å². The van der Waals surface area contributed by atoms with Gasteiger partial charge in [0.1, 0.15) is 0 Å². The number of nitrogens with two attached hydrogens (primary N) is 1. The average molecular weight is 399 g/mol. The highest BCUT2D eigenvalue weighted by atomic mass is 35.5. The highest BCUT2D eigenvalue weighted by Crippen LogP contribution is 2.34. The molecule has 28 heavy (non-hydrogen) atoms. The van der Waals surface area contributed by atoms with E-state index in [1.165, 1.54) is 0 Å². The zero-order valence-electron chi connectivity index (χ0n) is 15.6. The molecule has 1 fully saturated rings. The number of benzene rings is 2. The third-order valence-corrected chi connectivity index (χ3v) is 5.91. The Morgan fingerprint density at radius 3 is 2.75 bits per heavy atom. The maximum atomic E-state index is 12.9. The molecule has 4 rings (SSSR count). The number of halogens is 1. The second-order valence-corrected chi connectivity index (χ2v) is 7.75. The van der Waals surface area contributed by atoms with Crippen LogP contribution in [0.25, 0.3) is 0 Å². The van der Waals surface area contributed by atoms with Crippen LogP contribution >= 0.6 is 11.6 Å². The largest absolute Gasteiger partial charge is 0.359 e. The molecule has 2 aliphatic heterocycles. The van der Waals surface area contributed by atoms with E-state index in [1.54, 1.807) is 11.0 Å². The van der Waals surface area contributed by atoms with Gasteiger partial charge in [-0.05, 0) is 47.2 Å². The molecule has 2 aromatic carbocycles. The van der Waals surface area contributed by atoms with Crippen LogP contribution < -0.4 is 5.73 Å². The van der Waals surface area contributed by atoms with E-state index >= 15 is 0 Å². The third-order valence-electron chi connectivity index (χ3n) is 5.67. The van der Waals surface area contributed by atoms with Gasteiger partial charge in [-0.2, -0.15) is 0 Å². The topological polar surface area (TPSA) is 72.6 Å². The summed E-state index contributed by atoms with van der Waals surface area (Å²) in [6.07, 6.45) is 1.05. The van der Waals surface area contributed by atoms with Gasteiger partial charge in [0.2, 0.25) is 0 Å². The Morgan fingerprint density at radius 1 is 1.18 bits per heavy atom. The SMILES string of the molecule is NCc1ccc(Cl)cc1CCC(=O)C1CCN1C(=O)C1OCc2ccccc21. The van der Waals surface area contributed by atoms with Gasteiger partial charge in [0.15, 0.2) is 11.9 Å². The first kappa shape index (κ1) is 19.1. The van der Waals surface area contributed by atoms with Crippen molar-refractivity contribution in [3.05, 3.63) is 69.7 Å². The van der Waals surface area contributed by atoms with Crippen LogP contribution in [0, 0.1) is 0 Å². The monoisotopic (exact) mass is 398 g/mol. The smallest absolute Gasteiger partial charge is 0.256 e. The Labute approximate surface area is 169 Å². The molecule has 1 amide bonds. The number of Topliss-reactive ketones (excluding diaryl/α,β-unsaturated/α-hetero) is 1. The van der Waals surface area contributed by atoms with Crippen LogP contribution in [0.1, 0.15) is 41.2 Å². The molecule has 146 valence electrons. The number of aryl methyl sites for hydroxylation is 1. The van der Waals surface area contributed by atoms with E-state index in [1.807, 2.05) is 36.4 Å². The standard InChI is InChI=1S/C22H23ClN2O3/c23-17-7-5-15(12-24)14(11-17)6-8-20(26)19-9-10-25(19)22(27)21-18-4-2-1-3-16(18)13-28-21/h1-5,7,11,19,21H,6,8-10,12-13,24H2. The fourth-order valence-electron chi connectivity index (χ4n) is 3.98. The van der Waals surface area contributed by atoms with E-state index in [-0.39, 0.29) is 17.7 Å². The Bertz CT molecular complexity index is 914. The molecule has 5 nitrogen and oxygen atoms in total. The number of fused-ring (bicyclic) bond motifs is 1. The molecule has 2 atom stereocenters. The molecule has 1 saturated heterocycles. The van der Waals surface area contributed by atoms with Gasteiger partial charge in [-0.15, -0.1) is 0 Å². The van der Waals surface area contributed by atoms with Gasteiger partial charge in [-0.3, -0.25) is 9.59 Å². The van der Waals surface area contributed by atoms with Gasteiger partial charge in [0.25, 0.3) is 5.91 Å². The summed E-state index contributed by atoms with van der Waals surface area (Å²) < 4.78 is 5.71. The van der Waals surface area contributed by atoms with Crippen LogP contribution in [0.2, 0.25) is 5.02 Å². The molecule has 6 heteroatoms. The molecule has 0 aromatic heterocycles. The quantitative estimate of drug-likeness (QED) is 0.811. The summed E-state index contributed by atoms with van der Waals surface area (Å²) >= 11 is 6.08. The summed E-state index contributed by atoms with van der Waals surface area (Å²) in [5.74, 6) is -0.0335. The fraction of sp³-hybridized carbons (Fsp3) is 0.364. The fourth-order valence-corrected chi connectivity index (χ4v) is 4.17. The molecule has 2 aromatic rings. The van der Waals surface area contributed by atoms with E-state index in [0.29, 0.717) is 44.0 Å². The van der Waals surface area contributed by atoms with Crippen LogP contribution in [0.5, 0.6) is 0 Å². The van der Waals surface area contributed by atoms with Gasteiger partial charge >= 0.3 is 0 Å². The van der Waals surface area contributed by atoms with Crippen LogP contribution in [0.4, 0.5) is 0 Å². The van der Waals surface area contributed by atoms with E-state index in [4.69, 9.17) is 22.1 Å². The Morgan fingerprint density at radius 2 is 2.00 bits per heavy atom. The molecule has 0 radical (unpaired) electrons. The van der Waals surface area contributed by atoms with Crippen molar-refractivity contribution in [1.82, 2.24) is 4.90 Å². The number of carbonyl (C=O) groups excluding carboxylic acids is 2. The summed E-state index contributed by atoms with van der Waals surface area (Å²) in [5, 5.41) is 0.636. The van der Waals surface area contributed by atoms with Crippen molar-refractivity contribution < 1.29 is 14.3 Å². The van der Waals surface area contributed by atoms with Crippen LogP contribution in [0.3, 0.4) is 0 Å². The summed E-state index contributed by atoms with van der Waals surface area (Å²) in [6.45, 7) is 1.45. The molecule has 2 unspecified atom stereocenters. The average Bonchev–Trinajstić information content (AvgIpc) is 3.10. The van der Waals surface area contributed by atoms with Gasteiger partial charge in [0, 0.05) is 24.5 Å². The molecule has 2 heterocycles. The number of rotatable bonds is 6. The summed E-state index contributed by atoms with van der Waals surface area (Å²) in [5.41, 5.74) is 9.72. The van der Waals surface area contributed by atoms with Crippen molar-refractivity contribution in [3.63, 3.8) is 0 Å². The first-order valence-corrected chi connectivity index (χ1v) is 9.96. The minimum Gasteiger partial charge on any atom is -0.359 e. The Kier molecular flexibility index (Phi) is 5.49. The molecule has 2 aliphatic rings. The predicted octanol–water partition coefficient (Wildman–Crippen LogP) is 3.17. The predicted molar refractivity (Wildman–Crippen MR) is 107 cm³/mol. The maximum absolute atomic E-state index is 12.9. The number of carbonyl (C=O) groups is 2. The number of likely N-dealkylation sites (tertiary alicyclic amines) is 1. The zero-order chi connectivity index (χ0) is 19.7. The van der Waals surface area contributed by atoms with Crippen LogP contribution in [0.15, 0.2) is 42.5 Å². The van der Waals surface area contributed by atoms with Crippen molar-refractivity contribution in [2.75, 3.05) is 6.54 Å².